The van der Waals surface area contributed by atoms with Crippen molar-refractivity contribution in [1.82, 2.24) is 10.2 Å². The number of likely N-dealkylation sites (tertiary alicyclic amines) is 1. The highest BCUT2D eigenvalue weighted by molar-refractivity contribution is 6.32. The fourth-order valence-electron chi connectivity index (χ4n) is 2.54. The maximum atomic E-state index is 12.1. The number of carbonyl (C=O) groups is 1. The summed E-state index contributed by atoms with van der Waals surface area (Å²) in [6.07, 6.45) is 3.33. The number of hydrogen-bond donors (Lipinski definition) is 1. The van der Waals surface area contributed by atoms with E-state index in [9.17, 15) is 4.79 Å². The number of benzene rings is 1. The number of ether oxygens (including phenoxy) is 1. The second-order valence-electron chi connectivity index (χ2n) is 5.33. The number of rotatable bonds is 6. The summed E-state index contributed by atoms with van der Waals surface area (Å²) < 4.78 is 5.60. The van der Waals surface area contributed by atoms with Gasteiger partial charge in [-0.1, -0.05) is 23.7 Å². The van der Waals surface area contributed by atoms with E-state index in [0.29, 0.717) is 29.8 Å². The molecule has 0 bridgehead atoms. The lowest BCUT2D eigenvalue weighted by molar-refractivity contribution is -0.132. The Morgan fingerprint density at radius 1 is 1.36 bits per heavy atom. The van der Waals surface area contributed by atoms with Gasteiger partial charge in [-0.15, -0.1) is 12.4 Å². The third-order valence-corrected chi connectivity index (χ3v) is 4.20. The fraction of sp³-hybridized carbons (Fsp3) is 0.562. The summed E-state index contributed by atoms with van der Waals surface area (Å²) >= 11 is 6.01. The third kappa shape index (κ3) is 5.67. The van der Waals surface area contributed by atoms with Crippen molar-refractivity contribution in [3.63, 3.8) is 0 Å². The van der Waals surface area contributed by atoms with Gasteiger partial charge < -0.3 is 15.0 Å². The van der Waals surface area contributed by atoms with E-state index in [2.05, 4.69) is 5.32 Å². The summed E-state index contributed by atoms with van der Waals surface area (Å²) in [5, 5.41) is 3.88. The van der Waals surface area contributed by atoms with Gasteiger partial charge in [-0.25, -0.2) is 0 Å². The van der Waals surface area contributed by atoms with Crippen LogP contribution in [0.2, 0.25) is 5.02 Å². The number of amides is 1. The number of carbonyl (C=O) groups excluding carboxylic acids is 1. The molecule has 0 radical (unpaired) electrons. The lowest BCUT2D eigenvalue weighted by atomic mass is 10.0. The summed E-state index contributed by atoms with van der Waals surface area (Å²) in [6.45, 7) is 2.23. The van der Waals surface area contributed by atoms with Crippen molar-refractivity contribution in [3.8, 4) is 5.75 Å². The lowest BCUT2D eigenvalue weighted by Gasteiger charge is -2.31. The molecule has 1 heterocycles. The van der Waals surface area contributed by atoms with E-state index in [0.717, 1.165) is 32.4 Å². The SMILES string of the molecule is CNC1CCN(C(=O)CCCOc2ccccc2Cl)CC1.Cl. The molecule has 0 saturated carbocycles. The summed E-state index contributed by atoms with van der Waals surface area (Å²) in [4.78, 5) is 14.1. The molecule has 1 fully saturated rings. The Labute approximate surface area is 143 Å². The highest BCUT2D eigenvalue weighted by Crippen LogP contribution is 2.23. The highest BCUT2D eigenvalue weighted by Gasteiger charge is 2.21. The van der Waals surface area contributed by atoms with Gasteiger partial charge in [0.05, 0.1) is 11.6 Å². The van der Waals surface area contributed by atoms with Gasteiger partial charge in [-0.3, -0.25) is 4.79 Å². The van der Waals surface area contributed by atoms with Crippen LogP contribution in [0.3, 0.4) is 0 Å². The first kappa shape index (κ1) is 19.1. The molecule has 6 heteroatoms. The molecule has 124 valence electrons. The van der Waals surface area contributed by atoms with Gasteiger partial charge in [-0.2, -0.15) is 0 Å². The van der Waals surface area contributed by atoms with E-state index in [1.165, 1.54) is 0 Å². The largest absolute Gasteiger partial charge is 0.492 e. The number of nitrogens with one attached hydrogen (secondary N) is 1. The van der Waals surface area contributed by atoms with Gasteiger partial charge >= 0.3 is 0 Å². The zero-order chi connectivity index (χ0) is 15.1. The van der Waals surface area contributed by atoms with Gasteiger partial charge in [0, 0.05) is 25.6 Å². The molecule has 4 nitrogen and oxygen atoms in total. The smallest absolute Gasteiger partial charge is 0.222 e. The van der Waals surface area contributed by atoms with Crippen molar-refractivity contribution in [3.05, 3.63) is 29.3 Å². The first-order valence-electron chi connectivity index (χ1n) is 7.53. The van der Waals surface area contributed by atoms with E-state index in [1.807, 2.05) is 30.1 Å². The average molecular weight is 347 g/mol. The molecular formula is C16H24Cl2N2O2. The monoisotopic (exact) mass is 346 g/mol. The molecule has 0 unspecified atom stereocenters. The zero-order valence-corrected chi connectivity index (χ0v) is 14.5. The first-order valence-corrected chi connectivity index (χ1v) is 7.91. The molecule has 1 N–H and O–H groups in total. The van der Waals surface area contributed by atoms with Crippen LogP contribution in [-0.4, -0.2) is 43.6 Å². The number of para-hydroxylation sites is 1. The Bertz CT molecular complexity index is 463. The number of halogens is 2. The van der Waals surface area contributed by atoms with Gasteiger partial charge in [-0.05, 0) is 38.4 Å². The standard InChI is InChI=1S/C16H23ClN2O2.ClH/c1-18-13-8-10-19(11-9-13)16(20)7-4-12-21-15-6-3-2-5-14(15)17;/h2-3,5-6,13,18H,4,7-12H2,1H3;1H. The summed E-state index contributed by atoms with van der Waals surface area (Å²) in [5.41, 5.74) is 0. The highest BCUT2D eigenvalue weighted by atomic mass is 35.5. The lowest BCUT2D eigenvalue weighted by Crippen LogP contribution is -2.43. The van der Waals surface area contributed by atoms with Gasteiger partial charge in [0.25, 0.3) is 0 Å². The predicted molar refractivity (Wildman–Crippen MR) is 92.1 cm³/mol. The van der Waals surface area contributed by atoms with E-state index < -0.39 is 0 Å². The van der Waals surface area contributed by atoms with Gasteiger partial charge in [0.1, 0.15) is 5.75 Å². The minimum Gasteiger partial charge on any atom is -0.492 e. The normalized spacial score (nSPS) is 15.3. The summed E-state index contributed by atoms with van der Waals surface area (Å²) in [5.74, 6) is 0.911. The van der Waals surface area contributed by atoms with E-state index >= 15 is 0 Å². The molecule has 1 aromatic carbocycles. The molecule has 1 amide bonds. The van der Waals surface area contributed by atoms with Crippen LogP contribution in [0.15, 0.2) is 24.3 Å². The molecule has 1 aliphatic rings. The molecular weight excluding hydrogens is 323 g/mol. The predicted octanol–water partition coefficient (Wildman–Crippen LogP) is 3.13. The van der Waals surface area contributed by atoms with E-state index in [4.69, 9.17) is 16.3 Å². The Morgan fingerprint density at radius 3 is 2.68 bits per heavy atom. The molecule has 22 heavy (non-hydrogen) atoms. The Kier molecular flexibility index (Phi) is 8.61. The van der Waals surface area contributed by atoms with E-state index in [-0.39, 0.29) is 18.3 Å². The van der Waals surface area contributed by atoms with Crippen molar-refractivity contribution in [1.29, 1.82) is 0 Å². The second-order valence-corrected chi connectivity index (χ2v) is 5.73. The van der Waals surface area contributed by atoms with Crippen LogP contribution in [0.4, 0.5) is 0 Å². The quantitative estimate of drug-likeness (QED) is 0.804. The second kappa shape index (κ2) is 9.93. The summed E-state index contributed by atoms with van der Waals surface area (Å²) in [7, 11) is 1.98. The van der Waals surface area contributed by atoms with E-state index in [1.54, 1.807) is 6.07 Å². The minimum absolute atomic E-state index is 0. The maximum Gasteiger partial charge on any atom is 0.222 e. The molecule has 1 saturated heterocycles. The molecule has 1 aromatic rings. The van der Waals surface area contributed by atoms with Crippen LogP contribution < -0.4 is 10.1 Å². The van der Waals surface area contributed by atoms with Gasteiger partial charge in [0.15, 0.2) is 0 Å². The summed E-state index contributed by atoms with van der Waals surface area (Å²) in [6, 6.07) is 7.95. The van der Waals surface area contributed by atoms with Crippen LogP contribution in [0.1, 0.15) is 25.7 Å². The van der Waals surface area contributed by atoms with Crippen molar-refractivity contribution >= 4 is 29.9 Å². The topological polar surface area (TPSA) is 41.6 Å². The molecule has 0 atom stereocenters. The minimum atomic E-state index is 0. The maximum absolute atomic E-state index is 12.1. The molecule has 0 aliphatic carbocycles. The van der Waals surface area contributed by atoms with Crippen LogP contribution in [0.25, 0.3) is 0 Å². The van der Waals surface area contributed by atoms with Gasteiger partial charge in [0.2, 0.25) is 5.91 Å². The first-order chi connectivity index (χ1) is 10.2. The Hall–Kier alpha value is -0.970. The van der Waals surface area contributed by atoms with Crippen LogP contribution >= 0.6 is 24.0 Å². The molecule has 0 aromatic heterocycles. The number of hydrogen-bond acceptors (Lipinski definition) is 3. The third-order valence-electron chi connectivity index (χ3n) is 3.89. The van der Waals surface area contributed by atoms with Crippen LogP contribution in [0, 0.1) is 0 Å². The molecule has 0 spiro atoms. The Balaban J connectivity index is 0.00000242. The fourth-order valence-corrected chi connectivity index (χ4v) is 2.73. The van der Waals surface area contributed by atoms with Crippen molar-refractivity contribution in [2.24, 2.45) is 0 Å². The van der Waals surface area contributed by atoms with Crippen LogP contribution in [0.5, 0.6) is 5.75 Å². The van der Waals surface area contributed by atoms with Crippen molar-refractivity contribution < 1.29 is 9.53 Å². The van der Waals surface area contributed by atoms with Crippen molar-refractivity contribution in [2.45, 2.75) is 31.7 Å². The van der Waals surface area contributed by atoms with Crippen molar-refractivity contribution in [2.75, 3.05) is 26.7 Å². The number of piperidine rings is 1. The number of nitrogens with zero attached hydrogens (tertiary/aromatic N) is 1. The molecule has 2 rings (SSSR count). The Morgan fingerprint density at radius 2 is 2.05 bits per heavy atom. The molecule has 1 aliphatic heterocycles. The zero-order valence-electron chi connectivity index (χ0n) is 12.9. The average Bonchev–Trinajstić information content (AvgIpc) is 2.53. The van der Waals surface area contributed by atoms with Crippen LogP contribution in [-0.2, 0) is 4.79 Å².